The fourth-order valence-electron chi connectivity index (χ4n) is 1.15. The SMILES string of the molecule is Cc1cc(CSc2nc(N)cc(N)n2)no1. The van der Waals surface area contributed by atoms with E-state index in [-0.39, 0.29) is 0 Å². The van der Waals surface area contributed by atoms with Gasteiger partial charge in [-0.15, -0.1) is 0 Å². The van der Waals surface area contributed by atoms with Gasteiger partial charge < -0.3 is 16.0 Å². The maximum absolute atomic E-state index is 5.55. The average molecular weight is 237 g/mol. The Bertz CT molecular complexity index is 478. The van der Waals surface area contributed by atoms with Crippen LogP contribution in [0.5, 0.6) is 0 Å². The first-order chi connectivity index (χ1) is 7.63. The summed E-state index contributed by atoms with van der Waals surface area (Å²) in [4.78, 5) is 8.09. The van der Waals surface area contributed by atoms with Gasteiger partial charge in [0.25, 0.3) is 0 Å². The molecule has 0 spiro atoms. The molecule has 0 atom stereocenters. The Kier molecular flexibility index (Phi) is 2.95. The van der Waals surface area contributed by atoms with E-state index in [0.29, 0.717) is 22.5 Å². The molecule has 0 aliphatic heterocycles. The van der Waals surface area contributed by atoms with E-state index in [1.54, 1.807) is 0 Å². The van der Waals surface area contributed by atoms with Gasteiger partial charge in [0.05, 0.1) is 5.69 Å². The molecular formula is C9H11N5OS. The molecule has 0 amide bonds. The molecule has 2 heterocycles. The summed E-state index contributed by atoms with van der Waals surface area (Å²) in [6, 6.07) is 3.38. The van der Waals surface area contributed by atoms with Crippen LogP contribution < -0.4 is 11.5 Å². The Hall–Kier alpha value is -1.76. The summed E-state index contributed by atoms with van der Waals surface area (Å²) < 4.78 is 4.95. The van der Waals surface area contributed by atoms with Crippen molar-refractivity contribution in [2.24, 2.45) is 0 Å². The summed E-state index contributed by atoms with van der Waals surface area (Å²) in [6.07, 6.45) is 0. The summed E-state index contributed by atoms with van der Waals surface area (Å²) >= 11 is 1.41. The third-order valence-corrected chi connectivity index (χ3v) is 2.65. The quantitative estimate of drug-likeness (QED) is 0.611. The molecule has 6 nitrogen and oxygen atoms in total. The first kappa shape index (κ1) is 10.7. The fraction of sp³-hybridized carbons (Fsp3) is 0.222. The van der Waals surface area contributed by atoms with Crippen molar-refractivity contribution in [2.75, 3.05) is 11.5 Å². The number of aryl methyl sites for hydroxylation is 1. The van der Waals surface area contributed by atoms with Crippen LogP contribution in [-0.2, 0) is 5.75 Å². The molecule has 0 aliphatic rings. The average Bonchev–Trinajstić information content (AvgIpc) is 2.60. The number of nitrogens with zero attached hydrogens (tertiary/aromatic N) is 3. The second kappa shape index (κ2) is 4.40. The van der Waals surface area contributed by atoms with Crippen molar-refractivity contribution in [2.45, 2.75) is 17.8 Å². The zero-order valence-corrected chi connectivity index (χ0v) is 9.49. The lowest BCUT2D eigenvalue weighted by atomic mass is 10.4. The number of aromatic nitrogens is 3. The number of nitrogens with two attached hydrogens (primary N) is 2. The second-order valence-electron chi connectivity index (χ2n) is 3.22. The topological polar surface area (TPSA) is 104 Å². The van der Waals surface area contributed by atoms with Crippen LogP contribution in [0.25, 0.3) is 0 Å². The van der Waals surface area contributed by atoms with Gasteiger partial charge in [0.15, 0.2) is 5.16 Å². The summed E-state index contributed by atoms with van der Waals surface area (Å²) in [5.41, 5.74) is 11.9. The molecule has 0 unspecified atom stereocenters. The summed E-state index contributed by atoms with van der Waals surface area (Å²) in [5.74, 6) is 2.14. The van der Waals surface area contributed by atoms with Crippen molar-refractivity contribution in [1.29, 1.82) is 0 Å². The fourth-order valence-corrected chi connectivity index (χ4v) is 1.90. The molecule has 4 N–H and O–H groups in total. The summed E-state index contributed by atoms with van der Waals surface area (Å²) in [6.45, 7) is 1.84. The summed E-state index contributed by atoms with van der Waals surface area (Å²) in [7, 11) is 0. The van der Waals surface area contributed by atoms with Crippen LogP contribution in [0.15, 0.2) is 21.8 Å². The number of thioether (sulfide) groups is 1. The molecule has 0 radical (unpaired) electrons. The van der Waals surface area contributed by atoms with E-state index in [9.17, 15) is 0 Å². The molecule has 0 aliphatic carbocycles. The predicted octanol–water partition coefficient (Wildman–Crippen LogP) is 1.23. The van der Waals surface area contributed by atoms with Crippen LogP contribution in [0, 0.1) is 6.92 Å². The number of rotatable bonds is 3. The van der Waals surface area contributed by atoms with Gasteiger partial charge in [-0.2, -0.15) is 0 Å². The minimum absolute atomic E-state index is 0.367. The minimum Gasteiger partial charge on any atom is -0.383 e. The van der Waals surface area contributed by atoms with Crippen LogP contribution in [0.1, 0.15) is 11.5 Å². The van der Waals surface area contributed by atoms with Crippen molar-refractivity contribution < 1.29 is 4.52 Å². The van der Waals surface area contributed by atoms with Gasteiger partial charge in [0.2, 0.25) is 0 Å². The number of nitrogen functional groups attached to an aromatic ring is 2. The van der Waals surface area contributed by atoms with Gasteiger partial charge in [-0.05, 0) is 6.92 Å². The van der Waals surface area contributed by atoms with Gasteiger partial charge in [-0.1, -0.05) is 16.9 Å². The maximum Gasteiger partial charge on any atom is 0.191 e. The van der Waals surface area contributed by atoms with Crippen LogP contribution in [-0.4, -0.2) is 15.1 Å². The van der Waals surface area contributed by atoms with Crippen molar-refractivity contribution >= 4 is 23.4 Å². The third kappa shape index (κ3) is 2.63. The van der Waals surface area contributed by atoms with Crippen molar-refractivity contribution in [3.63, 3.8) is 0 Å². The number of anilines is 2. The first-order valence-corrected chi connectivity index (χ1v) is 5.57. The highest BCUT2D eigenvalue weighted by Gasteiger charge is 2.05. The van der Waals surface area contributed by atoms with E-state index in [0.717, 1.165) is 11.5 Å². The molecule has 2 rings (SSSR count). The van der Waals surface area contributed by atoms with Gasteiger partial charge in [-0.3, -0.25) is 0 Å². The molecule has 0 fully saturated rings. The van der Waals surface area contributed by atoms with Crippen LogP contribution in [0.4, 0.5) is 11.6 Å². The largest absolute Gasteiger partial charge is 0.383 e. The van der Waals surface area contributed by atoms with Crippen LogP contribution >= 0.6 is 11.8 Å². The van der Waals surface area contributed by atoms with Gasteiger partial charge in [0, 0.05) is 17.9 Å². The smallest absolute Gasteiger partial charge is 0.191 e. The standard InChI is InChI=1S/C9H11N5OS/c1-5-2-6(14-15-5)4-16-9-12-7(10)3-8(11)13-9/h2-3H,4H2,1H3,(H4,10,11,12,13). The molecule has 0 bridgehead atoms. The Morgan fingerprint density at radius 3 is 2.50 bits per heavy atom. The Labute approximate surface area is 96.4 Å². The third-order valence-electron chi connectivity index (χ3n) is 1.77. The highest BCUT2D eigenvalue weighted by atomic mass is 32.2. The number of hydrogen-bond acceptors (Lipinski definition) is 7. The molecule has 0 saturated carbocycles. The second-order valence-corrected chi connectivity index (χ2v) is 4.16. The predicted molar refractivity (Wildman–Crippen MR) is 61.7 cm³/mol. The van der Waals surface area contributed by atoms with Gasteiger partial charge >= 0.3 is 0 Å². The molecular weight excluding hydrogens is 226 g/mol. The van der Waals surface area contributed by atoms with E-state index >= 15 is 0 Å². The molecule has 0 aromatic carbocycles. The first-order valence-electron chi connectivity index (χ1n) is 4.58. The van der Waals surface area contributed by atoms with E-state index in [4.69, 9.17) is 16.0 Å². The highest BCUT2D eigenvalue weighted by Crippen LogP contribution is 2.20. The lowest BCUT2D eigenvalue weighted by molar-refractivity contribution is 0.393. The van der Waals surface area contributed by atoms with Gasteiger partial charge in [-0.25, -0.2) is 9.97 Å². The Morgan fingerprint density at radius 2 is 1.94 bits per heavy atom. The normalized spacial score (nSPS) is 10.6. The monoisotopic (exact) mass is 237 g/mol. The molecule has 0 saturated heterocycles. The minimum atomic E-state index is 0.367. The van der Waals surface area contributed by atoms with Gasteiger partial charge in [0.1, 0.15) is 17.4 Å². The lowest BCUT2D eigenvalue weighted by Crippen LogP contribution is -1.99. The molecule has 7 heteroatoms. The van der Waals surface area contributed by atoms with E-state index in [2.05, 4.69) is 15.1 Å². The Balaban J connectivity index is 2.04. The van der Waals surface area contributed by atoms with Crippen molar-refractivity contribution in [3.05, 3.63) is 23.6 Å². The van der Waals surface area contributed by atoms with Crippen LogP contribution in [0.2, 0.25) is 0 Å². The van der Waals surface area contributed by atoms with Crippen molar-refractivity contribution in [1.82, 2.24) is 15.1 Å². The lowest BCUT2D eigenvalue weighted by Gasteiger charge is -2.00. The zero-order chi connectivity index (χ0) is 11.5. The molecule has 2 aromatic rings. The highest BCUT2D eigenvalue weighted by molar-refractivity contribution is 7.98. The van der Waals surface area contributed by atoms with E-state index < -0.39 is 0 Å². The molecule has 84 valence electrons. The maximum atomic E-state index is 5.55. The van der Waals surface area contributed by atoms with Crippen molar-refractivity contribution in [3.8, 4) is 0 Å². The Morgan fingerprint density at radius 1 is 1.25 bits per heavy atom. The molecule has 16 heavy (non-hydrogen) atoms. The van der Waals surface area contributed by atoms with E-state index in [1.807, 2.05) is 13.0 Å². The van der Waals surface area contributed by atoms with Crippen LogP contribution in [0.3, 0.4) is 0 Å². The number of hydrogen-bond donors (Lipinski definition) is 2. The molecule has 2 aromatic heterocycles. The summed E-state index contributed by atoms with van der Waals surface area (Å²) in [5, 5.41) is 4.40. The zero-order valence-electron chi connectivity index (χ0n) is 8.67. The van der Waals surface area contributed by atoms with E-state index in [1.165, 1.54) is 17.8 Å².